The third kappa shape index (κ3) is 4.70. The summed E-state index contributed by atoms with van der Waals surface area (Å²) in [6.45, 7) is 2.23. The second-order valence-corrected chi connectivity index (χ2v) is 8.45. The van der Waals surface area contributed by atoms with E-state index in [0.29, 0.717) is 39.8 Å². The Morgan fingerprint density at radius 1 is 1.20 bits per heavy atom. The summed E-state index contributed by atoms with van der Waals surface area (Å²) in [6, 6.07) is 11.6. The molecule has 0 unspecified atom stereocenters. The number of aromatic hydroxyl groups is 1. The van der Waals surface area contributed by atoms with Gasteiger partial charge in [-0.2, -0.15) is 0 Å². The predicted molar refractivity (Wildman–Crippen MR) is 132 cm³/mol. The molecule has 7 nitrogen and oxygen atoms in total. The Hall–Kier alpha value is -3.91. The van der Waals surface area contributed by atoms with Crippen LogP contribution in [0.15, 0.2) is 54.9 Å². The largest absolute Gasteiger partial charge is 0.507 e. The number of esters is 1. The molecule has 35 heavy (non-hydrogen) atoms. The van der Waals surface area contributed by atoms with Gasteiger partial charge in [-0.05, 0) is 45.3 Å². The zero-order valence-corrected chi connectivity index (χ0v) is 20.2. The first-order valence-corrected chi connectivity index (χ1v) is 11.3. The van der Waals surface area contributed by atoms with Crippen LogP contribution < -0.4 is 4.74 Å². The van der Waals surface area contributed by atoms with Crippen LogP contribution in [-0.2, 0) is 24.9 Å². The third-order valence-electron chi connectivity index (χ3n) is 5.81. The zero-order valence-electron chi connectivity index (χ0n) is 20.2. The monoisotopic (exact) mass is 477 g/mol. The molecule has 0 spiro atoms. The highest BCUT2D eigenvalue weighted by Crippen LogP contribution is 2.41. The minimum atomic E-state index is -0.529. The number of hydrogen-bond donors (Lipinski definition) is 1. The summed E-state index contributed by atoms with van der Waals surface area (Å²) < 4.78 is 27.2. The standard InChI is InChI=1S/C27H28FN3O4/c1-5-34-27(33)25-22(16-35-23-11-7-6-10-20(23)28)31(4)21-13-18(17-9-8-12-29-14-17)26(32)19(24(21)25)15-30(2)3/h6-14,32H,5,15-16H2,1-4H3. The van der Waals surface area contributed by atoms with E-state index in [1.54, 1.807) is 37.5 Å². The van der Waals surface area contributed by atoms with E-state index in [-0.39, 0.29) is 24.7 Å². The molecule has 0 aliphatic rings. The molecule has 0 saturated heterocycles. The van der Waals surface area contributed by atoms with Gasteiger partial charge in [0.15, 0.2) is 11.6 Å². The van der Waals surface area contributed by atoms with Crippen molar-refractivity contribution in [3.8, 4) is 22.6 Å². The molecule has 0 atom stereocenters. The van der Waals surface area contributed by atoms with Crippen LogP contribution in [0.2, 0.25) is 0 Å². The molecule has 0 aliphatic carbocycles. The first-order chi connectivity index (χ1) is 16.8. The number of carbonyl (C=O) groups excluding carboxylic acids is 1. The lowest BCUT2D eigenvalue weighted by molar-refractivity contribution is 0.0525. The minimum Gasteiger partial charge on any atom is -0.507 e. The van der Waals surface area contributed by atoms with Gasteiger partial charge in [-0.25, -0.2) is 9.18 Å². The number of benzene rings is 2. The maximum Gasteiger partial charge on any atom is 0.340 e. The molecule has 0 aliphatic heterocycles. The highest BCUT2D eigenvalue weighted by Gasteiger charge is 2.28. The van der Waals surface area contributed by atoms with Crippen LogP contribution in [0.4, 0.5) is 4.39 Å². The number of ether oxygens (including phenoxy) is 2. The first-order valence-electron chi connectivity index (χ1n) is 11.3. The molecular formula is C27H28FN3O4. The van der Waals surface area contributed by atoms with E-state index in [0.717, 1.165) is 5.56 Å². The average Bonchev–Trinajstić information content (AvgIpc) is 3.12. The van der Waals surface area contributed by atoms with Gasteiger partial charge in [0.2, 0.25) is 0 Å². The van der Waals surface area contributed by atoms with Crippen LogP contribution in [0.25, 0.3) is 22.0 Å². The van der Waals surface area contributed by atoms with Crippen molar-refractivity contribution in [1.29, 1.82) is 0 Å². The number of halogens is 1. The molecule has 4 rings (SSSR count). The third-order valence-corrected chi connectivity index (χ3v) is 5.81. The topological polar surface area (TPSA) is 76.8 Å². The number of fused-ring (bicyclic) bond motifs is 1. The zero-order chi connectivity index (χ0) is 25.1. The molecule has 8 heteroatoms. The Bertz CT molecular complexity index is 1370. The van der Waals surface area contributed by atoms with E-state index in [4.69, 9.17) is 9.47 Å². The van der Waals surface area contributed by atoms with Gasteiger partial charge in [0.05, 0.1) is 23.4 Å². The van der Waals surface area contributed by atoms with E-state index in [1.807, 2.05) is 42.7 Å². The fourth-order valence-corrected chi connectivity index (χ4v) is 4.23. The second kappa shape index (κ2) is 10.1. The first kappa shape index (κ1) is 24.2. The van der Waals surface area contributed by atoms with Crippen molar-refractivity contribution in [2.45, 2.75) is 20.1 Å². The van der Waals surface area contributed by atoms with Gasteiger partial charge in [-0.1, -0.05) is 18.2 Å². The summed E-state index contributed by atoms with van der Waals surface area (Å²) in [5.41, 5.74) is 3.46. The van der Waals surface area contributed by atoms with Gasteiger partial charge in [0.1, 0.15) is 12.4 Å². The molecule has 0 radical (unpaired) electrons. The Kier molecular flexibility index (Phi) is 7.02. The van der Waals surface area contributed by atoms with Crippen molar-refractivity contribution >= 4 is 16.9 Å². The van der Waals surface area contributed by atoms with E-state index < -0.39 is 11.8 Å². The molecule has 0 saturated carbocycles. The van der Waals surface area contributed by atoms with Crippen molar-refractivity contribution in [1.82, 2.24) is 14.5 Å². The van der Waals surface area contributed by atoms with Crippen LogP contribution in [0.1, 0.15) is 28.5 Å². The number of hydrogen-bond acceptors (Lipinski definition) is 6. The number of aryl methyl sites for hydroxylation is 1. The van der Waals surface area contributed by atoms with E-state index >= 15 is 0 Å². The molecule has 182 valence electrons. The molecular weight excluding hydrogens is 449 g/mol. The van der Waals surface area contributed by atoms with Crippen LogP contribution >= 0.6 is 0 Å². The Labute approximate surface area is 203 Å². The van der Waals surface area contributed by atoms with E-state index in [9.17, 15) is 14.3 Å². The maximum absolute atomic E-state index is 14.2. The van der Waals surface area contributed by atoms with Gasteiger partial charge in [0, 0.05) is 48.1 Å². The van der Waals surface area contributed by atoms with Crippen LogP contribution in [0.3, 0.4) is 0 Å². The molecule has 2 aromatic heterocycles. The SMILES string of the molecule is CCOC(=O)c1c(COc2ccccc2F)n(C)c2cc(-c3cccnc3)c(O)c(CN(C)C)c12. The molecule has 1 N–H and O–H groups in total. The van der Waals surface area contributed by atoms with Gasteiger partial charge in [-0.3, -0.25) is 4.98 Å². The number of pyridine rings is 1. The Morgan fingerprint density at radius 2 is 1.97 bits per heavy atom. The van der Waals surface area contributed by atoms with Gasteiger partial charge in [0.25, 0.3) is 0 Å². The van der Waals surface area contributed by atoms with Gasteiger partial charge < -0.3 is 24.0 Å². The lowest BCUT2D eigenvalue weighted by atomic mass is 9.96. The Morgan fingerprint density at radius 3 is 2.63 bits per heavy atom. The fourth-order valence-electron chi connectivity index (χ4n) is 4.23. The summed E-state index contributed by atoms with van der Waals surface area (Å²) >= 11 is 0. The molecule has 0 amide bonds. The smallest absolute Gasteiger partial charge is 0.340 e. The van der Waals surface area contributed by atoms with E-state index in [2.05, 4.69) is 4.98 Å². The van der Waals surface area contributed by atoms with Gasteiger partial charge >= 0.3 is 5.97 Å². The van der Waals surface area contributed by atoms with Crippen molar-refractivity contribution in [3.05, 3.63) is 77.5 Å². The number of phenolic OH excluding ortho intramolecular Hbond substituents is 1. The number of aromatic nitrogens is 2. The summed E-state index contributed by atoms with van der Waals surface area (Å²) in [7, 11) is 5.59. The van der Waals surface area contributed by atoms with Crippen LogP contribution in [-0.4, -0.2) is 46.2 Å². The lowest BCUT2D eigenvalue weighted by Gasteiger charge is -2.17. The average molecular weight is 478 g/mol. The normalized spacial score (nSPS) is 11.3. The fraction of sp³-hybridized carbons (Fsp3) is 0.259. The van der Waals surface area contributed by atoms with Gasteiger partial charge in [-0.15, -0.1) is 0 Å². The molecule has 2 heterocycles. The summed E-state index contributed by atoms with van der Waals surface area (Å²) in [5.74, 6) is -0.871. The second-order valence-electron chi connectivity index (χ2n) is 8.45. The summed E-state index contributed by atoms with van der Waals surface area (Å²) in [5, 5.41) is 12.0. The lowest BCUT2D eigenvalue weighted by Crippen LogP contribution is -2.14. The van der Waals surface area contributed by atoms with Crippen molar-refractivity contribution in [2.24, 2.45) is 7.05 Å². The summed E-state index contributed by atoms with van der Waals surface area (Å²) in [4.78, 5) is 19.3. The number of nitrogens with zero attached hydrogens (tertiary/aromatic N) is 3. The highest BCUT2D eigenvalue weighted by atomic mass is 19.1. The molecule has 0 bridgehead atoms. The number of carbonyl (C=O) groups is 1. The number of phenols is 1. The summed E-state index contributed by atoms with van der Waals surface area (Å²) in [6.07, 6.45) is 3.34. The van der Waals surface area contributed by atoms with E-state index in [1.165, 1.54) is 12.1 Å². The quantitative estimate of drug-likeness (QED) is 0.364. The number of rotatable bonds is 8. The molecule has 2 aromatic carbocycles. The van der Waals surface area contributed by atoms with Crippen molar-refractivity contribution < 1.29 is 23.8 Å². The van der Waals surface area contributed by atoms with Crippen LogP contribution in [0, 0.1) is 5.82 Å². The molecule has 4 aromatic rings. The maximum atomic E-state index is 14.2. The highest BCUT2D eigenvalue weighted by molar-refractivity contribution is 6.09. The molecule has 0 fully saturated rings. The van der Waals surface area contributed by atoms with Crippen molar-refractivity contribution in [3.63, 3.8) is 0 Å². The number of para-hydroxylation sites is 1. The Balaban J connectivity index is 1.98. The van der Waals surface area contributed by atoms with Crippen LogP contribution in [0.5, 0.6) is 11.5 Å². The minimum absolute atomic E-state index is 0.0648. The predicted octanol–water partition coefficient (Wildman–Crippen LogP) is 4.90. The van der Waals surface area contributed by atoms with Crippen molar-refractivity contribution in [2.75, 3.05) is 20.7 Å².